The molecule has 81 valence electrons. The Morgan fingerprint density at radius 1 is 1.25 bits per heavy atom. The highest BCUT2D eigenvalue weighted by molar-refractivity contribution is 5.29. The van der Waals surface area contributed by atoms with E-state index >= 15 is 0 Å². The summed E-state index contributed by atoms with van der Waals surface area (Å²) in [5.74, 6) is 1.46. The van der Waals surface area contributed by atoms with E-state index < -0.39 is 0 Å². The molecule has 3 nitrogen and oxygen atoms in total. The highest BCUT2D eigenvalue weighted by atomic mass is 16.5. The van der Waals surface area contributed by atoms with Gasteiger partial charge in [-0.1, -0.05) is 6.07 Å². The van der Waals surface area contributed by atoms with Crippen LogP contribution in [-0.2, 0) is 6.61 Å². The molecule has 1 heterocycles. The first kappa shape index (κ1) is 10.5. The van der Waals surface area contributed by atoms with E-state index in [9.17, 15) is 0 Å². The van der Waals surface area contributed by atoms with Gasteiger partial charge in [-0.3, -0.25) is 4.98 Å². The van der Waals surface area contributed by atoms with Crippen LogP contribution in [0, 0.1) is 6.07 Å². The maximum Gasteiger partial charge on any atom is 0.130 e. The Bertz CT molecular complexity index is 425. The molecule has 0 N–H and O–H groups in total. The van der Waals surface area contributed by atoms with Crippen LogP contribution >= 0.6 is 0 Å². The third-order valence-corrected chi connectivity index (χ3v) is 2.09. The van der Waals surface area contributed by atoms with E-state index in [0.29, 0.717) is 12.4 Å². The van der Waals surface area contributed by atoms with E-state index in [1.807, 2.05) is 30.3 Å². The molecule has 0 atom stereocenters. The van der Waals surface area contributed by atoms with Crippen LogP contribution < -0.4 is 9.47 Å². The van der Waals surface area contributed by atoms with Crippen molar-refractivity contribution in [3.63, 3.8) is 0 Å². The van der Waals surface area contributed by atoms with E-state index in [-0.39, 0.29) is 0 Å². The van der Waals surface area contributed by atoms with Gasteiger partial charge in [0.1, 0.15) is 18.1 Å². The first-order chi connectivity index (χ1) is 7.88. The van der Waals surface area contributed by atoms with Crippen LogP contribution in [0.1, 0.15) is 5.69 Å². The van der Waals surface area contributed by atoms with E-state index in [1.165, 1.54) is 0 Å². The second-order valence-electron chi connectivity index (χ2n) is 3.20. The fraction of sp³-hybridized carbons (Fsp3) is 0.154. The van der Waals surface area contributed by atoms with Gasteiger partial charge < -0.3 is 9.47 Å². The Hall–Kier alpha value is -2.03. The van der Waals surface area contributed by atoms with Crippen molar-refractivity contribution in [1.82, 2.24) is 4.98 Å². The highest BCUT2D eigenvalue weighted by Gasteiger charge is 1.97. The number of rotatable bonds is 4. The van der Waals surface area contributed by atoms with Gasteiger partial charge in [0, 0.05) is 12.3 Å². The van der Waals surface area contributed by atoms with Crippen molar-refractivity contribution in [3.8, 4) is 11.5 Å². The molecule has 0 bridgehead atoms. The monoisotopic (exact) mass is 214 g/mol. The molecule has 0 saturated carbocycles. The van der Waals surface area contributed by atoms with Crippen LogP contribution in [0.25, 0.3) is 0 Å². The average molecular weight is 214 g/mol. The Balaban J connectivity index is 1.94. The minimum atomic E-state index is 0.459. The summed E-state index contributed by atoms with van der Waals surface area (Å²) in [6.45, 7) is 0.459. The van der Waals surface area contributed by atoms with Crippen molar-refractivity contribution in [2.24, 2.45) is 0 Å². The third kappa shape index (κ3) is 2.73. The summed E-state index contributed by atoms with van der Waals surface area (Å²) < 4.78 is 10.6. The molecule has 0 amide bonds. The number of benzene rings is 1. The molecule has 2 aromatic rings. The molecule has 2 rings (SSSR count). The van der Waals surface area contributed by atoms with E-state index in [0.717, 1.165) is 11.4 Å². The lowest BCUT2D eigenvalue weighted by molar-refractivity contribution is 0.300. The van der Waals surface area contributed by atoms with Gasteiger partial charge in [-0.2, -0.15) is 0 Å². The number of ether oxygens (including phenoxy) is 2. The second-order valence-corrected chi connectivity index (χ2v) is 3.20. The van der Waals surface area contributed by atoms with Gasteiger partial charge in [0.2, 0.25) is 0 Å². The molecular weight excluding hydrogens is 202 g/mol. The molecule has 0 spiro atoms. The zero-order chi connectivity index (χ0) is 11.2. The SMILES string of the molecule is COc1[c]cc(OCc2ccccn2)cc1. The van der Waals surface area contributed by atoms with Crippen LogP contribution in [0.5, 0.6) is 11.5 Å². The maximum absolute atomic E-state index is 5.54. The Morgan fingerprint density at radius 3 is 2.81 bits per heavy atom. The number of methoxy groups -OCH3 is 1. The second kappa shape index (κ2) is 5.16. The minimum Gasteiger partial charge on any atom is -0.496 e. The van der Waals surface area contributed by atoms with Gasteiger partial charge >= 0.3 is 0 Å². The van der Waals surface area contributed by atoms with Gasteiger partial charge in [-0.15, -0.1) is 0 Å². The number of nitrogens with zero attached hydrogens (tertiary/aromatic N) is 1. The van der Waals surface area contributed by atoms with Crippen LogP contribution in [0.3, 0.4) is 0 Å². The zero-order valence-corrected chi connectivity index (χ0v) is 9.01. The fourth-order valence-electron chi connectivity index (χ4n) is 1.25. The number of pyridine rings is 1. The molecule has 0 aliphatic carbocycles. The summed E-state index contributed by atoms with van der Waals surface area (Å²) in [7, 11) is 1.61. The van der Waals surface area contributed by atoms with Gasteiger partial charge in [-0.05, 0) is 30.3 Å². The van der Waals surface area contributed by atoms with Gasteiger partial charge in [0.15, 0.2) is 0 Å². The van der Waals surface area contributed by atoms with Gasteiger partial charge in [0.25, 0.3) is 0 Å². The molecule has 0 saturated heterocycles. The summed E-state index contributed by atoms with van der Waals surface area (Å²) in [4.78, 5) is 4.17. The molecule has 0 unspecified atom stereocenters. The van der Waals surface area contributed by atoms with Crippen LogP contribution in [-0.4, -0.2) is 12.1 Å². The standard InChI is InChI=1S/C13H12NO2/c1-15-12-5-7-13(8-6-12)16-10-11-4-2-3-9-14-11/h2-5,7-9H,10H2,1H3. The quantitative estimate of drug-likeness (QED) is 0.783. The molecule has 1 radical (unpaired) electrons. The molecular formula is C13H12NO2. The van der Waals surface area contributed by atoms with E-state index in [4.69, 9.17) is 9.47 Å². The maximum atomic E-state index is 5.54. The number of hydrogen-bond donors (Lipinski definition) is 0. The summed E-state index contributed by atoms with van der Waals surface area (Å²) in [5, 5.41) is 0. The van der Waals surface area contributed by atoms with Crippen molar-refractivity contribution in [2.45, 2.75) is 6.61 Å². The smallest absolute Gasteiger partial charge is 0.130 e. The summed E-state index contributed by atoms with van der Waals surface area (Å²) in [6.07, 6.45) is 1.75. The van der Waals surface area contributed by atoms with Crippen LogP contribution in [0.15, 0.2) is 42.6 Å². The highest BCUT2D eigenvalue weighted by Crippen LogP contribution is 2.17. The molecule has 0 aliphatic heterocycles. The predicted octanol–water partition coefficient (Wildman–Crippen LogP) is 2.47. The van der Waals surface area contributed by atoms with Crippen LogP contribution in [0.4, 0.5) is 0 Å². The van der Waals surface area contributed by atoms with Crippen molar-refractivity contribution in [3.05, 3.63) is 54.4 Å². The van der Waals surface area contributed by atoms with E-state index in [2.05, 4.69) is 11.1 Å². The molecule has 1 aromatic heterocycles. The molecule has 0 aliphatic rings. The van der Waals surface area contributed by atoms with Gasteiger partial charge in [0.05, 0.1) is 12.8 Å². The van der Waals surface area contributed by atoms with Crippen molar-refractivity contribution < 1.29 is 9.47 Å². The minimum absolute atomic E-state index is 0.459. The van der Waals surface area contributed by atoms with E-state index in [1.54, 1.807) is 19.4 Å². The lowest BCUT2D eigenvalue weighted by Gasteiger charge is -2.05. The Kier molecular flexibility index (Phi) is 3.38. The predicted molar refractivity (Wildman–Crippen MR) is 60.4 cm³/mol. The molecule has 0 fully saturated rings. The van der Waals surface area contributed by atoms with Crippen LogP contribution in [0.2, 0.25) is 0 Å². The van der Waals surface area contributed by atoms with Crippen molar-refractivity contribution in [1.29, 1.82) is 0 Å². The summed E-state index contributed by atoms with van der Waals surface area (Å²) in [6, 6.07) is 14.1. The molecule has 16 heavy (non-hydrogen) atoms. The summed E-state index contributed by atoms with van der Waals surface area (Å²) in [5.41, 5.74) is 0.901. The largest absolute Gasteiger partial charge is 0.496 e. The van der Waals surface area contributed by atoms with Gasteiger partial charge in [-0.25, -0.2) is 0 Å². The molecule has 1 aromatic carbocycles. The topological polar surface area (TPSA) is 31.4 Å². The number of hydrogen-bond acceptors (Lipinski definition) is 3. The average Bonchev–Trinajstić information content (AvgIpc) is 2.38. The lowest BCUT2D eigenvalue weighted by atomic mass is 10.3. The molecule has 3 heteroatoms. The van der Waals surface area contributed by atoms with Crippen molar-refractivity contribution >= 4 is 0 Å². The van der Waals surface area contributed by atoms with Crippen molar-refractivity contribution in [2.75, 3.05) is 7.11 Å². The normalized spacial score (nSPS) is 9.81. The zero-order valence-electron chi connectivity index (χ0n) is 9.01. The first-order valence-corrected chi connectivity index (χ1v) is 4.97. The fourth-order valence-corrected chi connectivity index (χ4v) is 1.25. The number of aromatic nitrogens is 1. The Morgan fingerprint density at radius 2 is 2.19 bits per heavy atom. The first-order valence-electron chi connectivity index (χ1n) is 4.97. The third-order valence-electron chi connectivity index (χ3n) is 2.09. The summed E-state index contributed by atoms with van der Waals surface area (Å²) >= 11 is 0. The Labute approximate surface area is 94.7 Å². The lowest BCUT2D eigenvalue weighted by Crippen LogP contribution is -1.97.